The third-order valence-corrected chi connectivity index (χ3v) is 2.56. The Balaban J connectivity index is 3.00. The summed E-state index contributed by atoms with van der Waals surface area (Å²) in [4.78, 5) is 13.2. The van der Waals surface area contributed by atoms with Crippen LogP contribution in [0.5, 0.6) is 0 Å². The normalized spacial score (nSPS) is 12.3. The fourth-order valence-electron chi connectivity index (χ4n) is 1.52. The number of anilines is 1. The topological polar surface area (TPSA) is 66.6 Å². The molecule has 0 spiro atoms. The molecule has 1 unspecified atom stereocenters. The second-order valence-electron chi connectivity index (χ2n) is 3.94. The lowest BCUT2D eigenvalue weighted by Crippen LogP contribution is -2.40. The number of hydrogen-bond donors (Lipinski definition) is 2. The van der Waals surface area contributed by atoms with Crippen LogP contribution in [-0.2, 0) is 4.79 Å². The van der Waals surface area contributed by atoms with Gasteiger partial charge >= 0.3 is 0 Å². The largest absolute Gasteiger partial charge is 0.382 e. The van der Waals surface area contributed by atoms with E-state index in [1.165, 1.54) is 4.90 Å². The number of amides is 1. The number of carbonyl (C=O) groups is 1. The Morgan fingerprint density at radius 2 is 2.12 bits per heavy atom. The van der Waals surface area contributed by atoms with Crippen LogP contribution in [0, 0.1) is 13.8 Å². The smallest absolute Gasteiger partial charge is 0.256 e. The Labute approximate surface area is 95.7 Å². The second-order valence-corrected chi connectivity index (χ2v) is 3.94. The van der Waals surface area contributed by atoms with E-state index in [1.54, 1.807) is 7.05 Å². The van der Waals surface area contributed by atoms with E-state index in [-0.39, 0.29) is 12.5 Å². The molecule has 4 heteroatoms. The molecule has 0 aliphatic rings. The van der Waals surface area contributed by atoms with Crippen LogP contribution in [0.2, 0.25) is 0 Å². The van der Waals surface area contributed by atoms with Crippen molar-refractivity contribution in [2.24, 2.45) is 5.73 Å². The van der Waals surface area contributed by atoms with E-state index in [1.807, 2.05) is 32.0 Å². The predicted octanol–water partition coefficient (Wildman–Crippen LogP) is 0.586. The molecule has 1 rings (SSSR count). The summed E-state index contributed by atoms with van der Waals surface area (Å²) in [6.45, 7) is 3.82. The van der Waals surface area contributed by atoms with Gasteiger partial charge < -0.3 is 15.7 Å². The van der Waals surface area contributed by atoms with Crippen molar-refractivity contribution in [3.63, 3.8) is 0 Å². The van der Waals surface area contributed by atoms with Gasteiger partial charge in [-0.2, -0.15) is 0 Å². The van der Waals surface area contributed by atoms with E-state index >= 15 is 0 Å². The zero-order chi connectivity index (χ0) is 12.3. The summed E-state index contributed by atoms with van der Waals surface area (Å²) in [5.74, 6) is -0.379. The van der Waals surface area contributed by atoms with E-state index in [0.717, 1.165) is 16.8 Å². The van der Waals surface area contributed by atoms with Crippen molar-refractivity contribution in [1.82, 2.24) is 0 Å². The number of benzene rings is 1. The maximum Gasteiger partial charge on any atom is 0.256 e. The first-order valence-electron chi connectivity index (χ1n) is 5.20. The number of aliphatic hydroxyl groups excluding tert-OH is 1. The van der Waals surface area contributed by atoms with Gasteiger partial charge in [0.25, 0.3) is 5.91 Å². The molecule has 0 radical (unpaired) electrons. The van der Waals surface area contributed by atoms with Crippen LogP contribution in [0.3, 0.4) is 0 Å². The average Bonchev–Trinajstić information content (AvgIpc) is 2.29. The Bertz CT molecular complexity index is 391. The molecule has 1 aromatic carbocycles. The molecule has 1 aromatic rings. The van der Waals surface area contributed by atoms with Crippen molar-refractivity contribution in [1.29, 1.82) is 0 Å². The number of rotatable bonds is 3. The van der Waals surface area contributed by atoms with Gasteiger partial charge in [0.15, 0.2) is 0 Å². The quantitative estimate of drug-likeness (QED) is 0.786. The van der Waals surface area contributed by atoms with Crippen LogP contribution in [0.1, 0.15) is 11.1 Å². The van der Waals surface area contributed by atoms with Gasteiger partial charge in [0.05, 0.1) is 0 Å². The van der Waals surface area contributed by atoms with Crippen LogP contribution in [0.25, 0.3) is 0 Å². The molecule has 4 nitrogen and oxygen atoms in total. The van der Waals surface area contributed by atoms with Gasteiger partial charge in [-0.3, -0.25) is 4.79 Å². The monoisotopic (exact) mass is 222 g/mol. The highest BCUT2D eigenvalue weighted by molar-refractivity contribution is 5.96. The predicted molar refractivity (Wildman–Crippen MR) is 64.4 cm³/mol. The molecule has 0 bridgehead atoms. The molecule has 1 atom stereocenters. The first-order chi connectivity index (χ1) is 7.47. The first kappa shape index (κ1) is 12.7. The minimum Gasteiger partial charge on any atom is -0.382 e. The average molecular weight is 222 g/mol. The first-order valence-corrected chi connectivity index (χ1v) is 5.20. The molecule has 0 saturated carbocycles. The van der Waals surface area contributed by atoms with Crippen molar-refractivity contribution in [3.05, 3.63) is 29.3 Å². The molecular formula is C12H18N2O2. The molecule has 0 aromatic heterocycles. The second kappa shape index (κ2) is 5.09. The van der Waals surface area contributed by atoms with Crippen molar-refractivity contribution in [2.75, 3.05) is 18.5 Å². The third kappa shape index (κ3) is 2.59. The summed E-state index contributed by atoms with van der Waals surface area (Å²) in [5.41, 5.74) is 8.13. The lowest BCUT2D eigenvalue weighted by Gasteiger charge is -2.22. The number of nitrogens with two attached hydrogens (primary N) is 1. The minimum absolute atomic E-state index is 0.0615. The molecule has 0 saturated heterocycles. The molecular weight excluding hydrogens is 204 g/mol. The highest BCUT2D eigenvalue weighted by Gasteiger charge is 2.20. The standard InChI is InChI=1S/C12H18N2O2/c1-8-4-5-9(2)10(6-8)14(3)12(16)11(15)7-13/h4-6,11,15H,7,13H2,1-3H3. The van der Waals surface area contributed by atoms with E-state index in [4.69, 9.17) is 5.73 Å². The van der Waals surface area contributed by atoms with E-state index < -0.39 is 6.10 Å². The number of carbonyl (C=O) groups excluding carboxylic acids is 1. The van der Waals surface area contributed by atoms with Gasteiger partial charge in [-0.1, -0.05) is 12.1 Å². The molecule has 0 heterocycles. The van der Waals surface area contributed by atoms with Crippen molar-refractivity contribution >= 4 is 11.6 Å². The van der Waals surface area contributed by atoms with E-state index in [0.29, 0.717) is 0 Å². The molecule has 16 heavy (non-hydrogen) atoms. The van der Waals surface area contributed by atoms with Gasteiger partial charge in [-0.15, -0.1) is 0 Å². The third-order valence-electron chi connectivity index (χ3n) is 2.56. The molecule has 3 N–H and O–H groups in total. The van der Waals surface area contributed by atoms with Crippen LogP contribution >= 0.6 is 0 Å². The summed E-state index contributed by atoms with van der Waals surface area (Å²) in [5, 5.41) is 9.40. The highest BCUT2D eigenvalue weighted by atomic mass is 16.3. The number of hydrogen-bond acceptors (Lipinski definition) is 3. The fraction of sp³-hybridized carbons (Fsp3) is 0.417. The van der Waals surface area contributed by atoms with E-state index in [9.17, 15) is 9.90 Å². The van der Waals surface area contributed by atoms with Crippen molar-refractivity contribution in [3.8, 4) is 0 Å². The maximum atomic E-state index is 11.7. The maximum absolute atomic E-state index is 11.7. The Morgan fingerprint density at radius 1 is 1.50 bits per heavy atom. The van der Waals surface area contributed by atoms with Gasteiger partial charge in [-0.05, 0) is 31.0 Å². The molecule has 0 aliphatic heterocycles. The number of nitrogens with zero attached hydrogens (tertiary/aromatic N) is 1. The SMILES string of the molecule is Cc1ccc(C)c(N(C)C(=O)C(O)CN)c1. The van der Waals surface area contributed by atoms with E-state index in [2.05, 4.69) is 0 Å². The summed E-state index contributed by atoms with van der Waals surface area (Å²) in [6.07, 6.45) is -1.13. The van der Waals surface area contributed by atoms with Crippen LogP contribution in [0.4, 0.5) is 5.69 Å². The molecule has 0 aliphatic carbocycles. The van der Waals surface area contributed by atoms with Crippen LogP contribution < -0.4 is 10.6 Å². The van der Waals surface area contributed by atoms with Crippen molar-refractivity contribution < 1.29 is 9.90 Å². The van der Waals surface area contributed by atoms with Crippen LogP contribution in [0.15, 0.2) is 18.2 Å². The van der Waals surface area contributed by atoms with Gasteiger partial charge in [0.2, 0.25) is 0 Å². The van der Waals surface area contributed by atoms with Gasteiger partial charge in [0.1, 0.15) is 6.10 Å². The highest BCUT2D eigenvalue weighted by Crippen LogP contribution is 2.20. The lowest BCUT2D eigenvalue weighted by molar-refractivity contribution is -0.125. The lowest BCUT2D eigenvalue weighted by atomic mass is 10.1. The summed E-state index contributed by atoms with van der Waals surface area (Å²) in [6, 6.07) is 5.84. The van der Waals surface area contributed by atoms with Gasteiger partial charge in [0, 0.05) is 19.3 Å². The zero-order valence-electron chi connectivity index (χ0n) is 9.90. The summed E-state index contributed by atoms with van der Waals surface area (Å²) >= 11 is 0. The van der Waals surface area contributed by atoms with Gasteiger partial charge in [-0.25, -0.2) is 0 Å². The number of aryl methyl sites for hydroxylation is 2. The summed E-state index contributed by atoms with van der Waals surface area (Å²) in [7, 11) is 1.64. The Morgan fingerprint density at radius 3 is 2.69 bits per heavy atom. The summed E-state index contributed by atoms with van der Waals surface area (Å²) < 4.78 is 0. The fourth-order valence-corrected chi connectivity index (χ4v) is 1.52. The van der Waals surface area contributed by atoms with Crippen molar-refractivity contribution in [2.45, 2.75) is 20.0 Å². The molecule has 1 amide bonds. The number of likely N-dealkylation sites (N-methyl/N-ethyl adjacent to an activating group) is 1. The Hall–Kier alpha value is -1.39. The zero-order valence-corrected chi connectivity index (χ0v) is 9.90. The Kier molecular flexibility index (Phi) is 4.04. The number of aliphatic hydroxyl groups is 1. The molecule has 88 valence electrons. The molecule has 0 fully saturated rings. The van der Waals surface area contributed by atoms with Crippen LogP contribution in [-0.4, -0.2) is 30.7 Å². The minimum atomic E-state index is -1.13.